The predicted octanol–water partition coefficient (Wildman–Crippen LogP) is -1.31. The topological polar surface area (TPSA) is 78.5 Å². The highest BCUT2D eigenvalue weighted by molar-refractivity contribution is 7.87. The monoisotopic (exact) mass is 275 g/mol. The van der Waals surface area contributed by atoms with Crippen molar-refractivity contribution in [2.45, 2.75) is 19.1 Å². The first-order chi connectivity index (χ1) is 8.56. The van der Waals surface area contributed by atoms with Crippen molar-refractivity contribution in [3.05, 3.63) is 0 Å². The van der Waals surface area contributed by atoms with E-state index in [-0.39, 0.29) is 17.6 Å². The molecule has 2 unspecified atom stereocenters. The van der Waals surface area contributed by atoms with E-state index in [0.29, 0.717) is 19.6 Å². The molecule has 1 aliphatic rings. The number of nitrogens with one attached hydrogen (secondary N) is 2. The van der Waals surface area contributed by atoms with E-state index in [1.165, 1.54) is 0 Å². The Kier molecular flexibility index (Phi) is 6.28. The number of carbonyl (C=O) groups excluding carboxylic acids is 2. The van der Waals surface area contributed by atoms with Crippen LogP contribution in [0.4, 0.5) is 0 Å². The van der Waals surface area contributed by atoms with Crippen LogP contribution in [0.1, 0.15) is 13.8 Å². The summed E-state index contributed by atoms with van der Waals surface area (Å²) in [5.41, 5.74) is 0. The molecule has 0 saturated carbocycles. The highest BCUT2D eigenvalue weighted by atomic mass is 32.2. The zero-order valence-electron chi connectivity index (χ0n) is 10.9. The molecule has 1 rings (SSSR count). The summed E-state index contributed by atoms with van der Waals surface area (Å²) in [5.74, 6) is -0.498. The molecule has 0 aromatic heterocycles. The molecule has 2 N–H and O–H groups in total. The van der Waals surface area contributed by atoms with Crippen LogP contribution in [0.2, 0.25) is 0 Å². The highest BCUT2D eigenvalue weighted by Gasteiger charge is 2.27. The zero-order valence-corrected chi connectivity index (χ0v) is 11.7. The molecule has 1 heterocycles. The van der Waals surface area contributed by atoms with Crippen LogP contribution in [-0.2, 0) is 20.4 Å². The van der Waals surface area contributed by atoms with Crippen molar-refractivity contribution >= 4 is 22.6 Å². The normalized spacial score (nSPS) is 19.1. The van der Waals surface area contributed by atoms with E-state index in [0.717, 1.165) is 13.1 Å². The maximum Gasteiger partial charge on any atom is 0.238 e. The Hall–Kier alpha value is -0.950. The Balaban J connectivity index is 2.46. The fourth-order valence-corrected chi connectivity index (χ4v) is 2.74. The molecule has 2 atom stereocenters. The third-order valence-corrected chi connectivity index (χ3v) is 4.36. The van der Waals surface area contributed by atoms with E-state index in [1.807, 2.05) is 0 Å². The minimum atomic E-state index is -1.45. The first-order valence-electron chi connectivity index (χ1n) is 6.19. The number of hydrogen-bond acceptors (Lipinski definition) is 4. The smallest absolute Gasteiger partial charge is 0.238 e. The second-order valence-electron chi connectivity index (χ2n) is 4.20. The molecule has 0 aromatic rings. The number of rotatable bonds is 5. The molecule has 0 aromatic carbocycles. The maximum atomic E-state index is 12.1. The van der Waals surface area contributed by atoms with E-state index in [9.17, 15) is 13.8 Å². The van der Waals surface area contributed by atoms with Gasteiger partial charge in [0.15, 0.2) is 0 Å². The minimum Gasteiger partial charge on any atom is -0.356 e. The van der Waals surface area contributed by atoms with Crippen molar-refractivity contribution in [2.75, 3.05) is 38.5 Å². The lowest BCUT2D eigenvalue weighted by atomic mass is 10.3. The first kappa shape index (κ1) is 15.1. The van der Waals surface area contributed by atoms with Gasteiger partial charge in [0.25, 0.3) is 0 Å². The summed E-state index contributed by atoms with van der Waals surface area (Å²) in [6.07, 6.45) is 0. The molecule has 0 radical (unpaired) electrons. The van der Waals surface area contributed by atoms with Gasteiger partial charge in [0, 0.05) is 43.5 Å². The molecule has 0 aliphatic carbocycles. The van der Waals surface area contributed by atoms with Gasteiger partial charge >= 0.3 is 0 Å². The summed E-state index contributed by atoms with van der Waals surface area (Å²) < 4.78 is 11.9. The Bertz CT molecular complexity index is 329. The molecule has 104 valence electrons. The van der Waals surface area contributed by atoms with E-state index in [2.05, 4.69) is 10.6 Å². The van der Waals surface area contributed by atoms with Gasteiger partial charge in [-0.1, -0.05) is 0 Å². The predicted molar refractivity (Wildman–Crippen MR) is 70.6 cm³/mol. The number of amides is 2. The highest BCUT2D eigenvalue weighted by Crippen LogP contribution is 2.04. The molecule has 6 nitrogen and oxygen atoms in total. The molecule has 18 heavy (non-hydrogen) atoms. The van der Waals surface area contributed by atoms with Crippen molar-refractivity contribution in [1.29, 1.82) is 0 Å². The van der Waals surface area contributed by atoms with Crippen molar-refractivity contribution < 1.29 is 13.8 Å². The van der Waals surface area contributed by atoms with Crippen molar-refractivity contribution in [3.63, 3.8) is 0 Å². The third kappa shape index (κ3) is 4.38. The van der Waals surface area contributed by atoms with Crippen LogP contribution in [0.5, 0.6) is 0 Å². The molecule has 0 bridgehead atoms. The lowest BCUT2D eigenvalue weighted by Gasteiger charge is -2.29. The average molecular weight is 275 g/mol. The fourth-order valence-electron chi connectivity index (χ4n) is 1.76. The molecule has 1 aliphatic heterocycles. The second-order valence-corrected chi connectivity index (χ2v) is 5.95. The van der Waals surface area contributed by atoms with Crippen LogP contribution in [-0.4, -0.2) is 64.6 Å². The van der Waals surface area contributed by atoms with Crippen molar-refractivity contribution in [2.24, 2.45) is 0 Å². The Morgan fingerprint density at radius 3 is 2.56 bits per heavy atom. The Labute approximate surface area is 110 Å². The Morgan fingerprint density at radius 2 is 2.00 bits per heavy atom. The first-order valence-corrected chi connectivity index (χ1v) is 7.57. The molecular formula is C11H21N3O3S. The maximum absolute atomic E-state index is 12.1. The van der Waals surface area contributed by atoms with E-state index in [4.69, 9.17) is 0 Å². The van der Waals surface area contributed by atoms with Crippen molar-refractivity contribution in [3.8, 4) is 0 Å². The fraction of sp³-hybridized carbons (Fsp3) is 0.818. The standard InChI is InChI=1S/C11H21N3O3S/c1-3-13-10(15)8-18(17)9(2)11(16)14-6-4-12-5-7-14/h9,12H,3-8H2,1-2H3,(H,13,15). The van der Waals surface area contributed by atoms with Gasteiger partial charge < -0.3 is 15.5 Å². The number of piperazine rings is 1. The minimum absolute atomic E-state index is 0.104. The second kappa shape index (κ2) is 7.48. The van der Waals surface area contributed by atoms with Crippen molar-refractivity contribution in [1.82, 2.24) is 15.5 Å². The molecular weight excluding hydrogens is 254 g/mol. The average Bonchev–Trinajstić information content (AvgIpc) is 2.38. The quantitative estimate of drug-likeness (QED) is 0.653. The summed E-state index contributed by atoms with van der Waals surface area (Å²) in [5, 5.41) is 5.12. The van der Waals surface area contributed by atoms with E-state index >= 15 is 0 Å². The molecule has 0 spiro atoms. The van der Waals surface area contributed by atoms with Crippen LogP contribution in [0.3, 0.4) is 0 Å². The summed E-state index contributed by atoms with van der Waals surface area (Å²) >= 11 is 0. The summed E-state index contributed by atoms with van der Waals surface area (Å²) in [6.45, 7) is 6.75. The largest absolute Gasteiger partial charge is 0.356 e. The zero-order chi connectivity index (χ0) is 13.5. The van der Waals surface area contributed by atoms with E-state index < -0.39 is 16.0 Å². The van der Waals surface area contributed by atoms with Gasteiger partial charge in [-0.25, -0.2) is 0 Å². The van der Waals surface area contributed by atoms with Crippen LogP contribution in [0.15, 0.2) is 0 Å². The lowest BCUT2D eigenvalue weighted by molar-refractivity contribution is -0.130. The van der Waals surface area contributed by atoms with Crippen LogP contribution in [0.25, 0.3) is 0 Å². The van der Waals surface area contributed by atoms with Crippen LogP contribution >= 0.6 is 0 Å². The lowest BCUT2D eigenvalue weighted by Crippen LogP contribution is -2.50. The van der Waals surface area contributed by atoms with Gasteiger partial charge in [0.1, 0.15) is 11.0 Å². The Morgan fingerprint density at radius 1 is 1.39 bits per heavy atom. The molecule has 7 heteroatoms. The van der Waals surface area contributed by atoms with Gasteiger partial charge in [0.2, 0.25) is 11.8 Å². The van der Waals surface area contributed by atoms with E-state index in [1.54, 1.807) is 18.7 Å². The van der Waals surface area contributed by atoms with Gasteiger partial charge in [-0.2, -0.15) is 0 Å². The number of nitrogens with zero attached hydrogens (tertiary/aromatic N) is 1. The SMILES string of the molecule is CCNC(=O)CS(=O)C(C)C(=O)N1CCNCC1. The van der Waals surface area contributed by atoms with Gasteiger partial charge in [-0.05, 0) is 13.8 Å². The summed E-state index contributed by atoms with van der Waals surface area (Å²) in [4.78, 5) is 25.1. The molecule has 1 saturated heterocycles. The van der Waals surface area contributed by atoms with Gasteiger partial charge in [-0.15, -0.1) is 0 Å². The molecule has 2 amide bonds. The van der Waals surface area contributed by atoms with Crippen LogP contribution < -0.4 is 10.6 Å². The number of hydrogen-bond donors (Lipinski definition) is 2. The summed E-state index contributed by atoms with van der Waals surface area (Å²) in [6, 6.07) is 0. The molecule has 1 fully saturated rings. The number of carbonyl (C=O) groups is 2. The van der Waals surface area contributed by atoms with Crippen LogP contribution in [0, 0.1) is 0 Å². The van der Waals surface area contributed by atoms with Gasteiger partial charge in [-0.3, -0.25) is 13.8 Å². The summed E-state index contributed by atoms with van der Waals surface area (Å²) in [7, 11) is -1.45. The third-order valence-electron chi connectivity index (χ3n) is 2.82. The van der Waals surface area contributed by atoms with Gasteiger partial charge in [0.05, 0.1) is 0 Å².